The Labute approximate surface area is 395 Å². The number of thiazole rings is 1. The van der Waals surface area contributed by atoms with E-state index in [2.05, 4.69) is 242 Å². The van der Waals surface area contributed by atoms with Crippen molar-refractivity contribution in [2.24, 2.45) is 0 Å². The van der Waals surface area contributed by atoms with Crippen molar-refractivity contribution in [2.45, 2.75) is 138 Å². The maximum Gasteiger partial charge on any atom is 0.276 e. The number of hydrogen-bond donors (Lipinski definition) is 0. The van der Waals surface area contributed by atoms with Gasteiger partial charge in [0.05, 0.1) is 5.59 Å². The van der Waals surface area contributed by atoms with Crippen molar-refractivity contribution in [3.8, 4) is 21.7 Å². The lowest BCUT2D eigenvalue weighted by atomic mass is 9.35. The van der Waals surface area contributed by atoms with Crippen molar-refractivity contribution in [2.75, 3.05) is 9.80 Å². The van der Waals surface area contributed by atoms with Gasteiger partial charge in [0, 0.05) is 34.0 Å². The molecule has 0 aliphatic carbocycles. The molecule has 332 valence electrons. The molecule has 7 aromatic rings. The van der Waals surface area contributed by atoms with E-state index in [1.54, 1.807) is 0 Å². The van der Waals surface area contributed by atoms with Crippen LogP contribution in [0, 0.1) is 6.92 Å². The SMILES string of the molecule is Cc1cc2c3c(c1)N(c1cc(C(C)(C)C)cc(C(C)(C)C)c1)c1sc(-c4ccc(-c5ccc(C(C)(C)C)cc5)cc4)nc1B3c1cc(C(C)(C)C)ccc1N2c1ccc(C(C)(C)C)cc1. The van der Waals surface area contributed by atoms with E-state index in [0.29, 0.717) is 0 Å². The highest BCUT2D eigenvalue weighted by Crippen LogP contribution is 2.49. The van der Waals surface area contributed by atoms with Gasteiger partial charge >= 0.3 is 0 Å². The van der Waals surface area contributed by atoms with Gasteiger partial charge < -0.3 is 9.80 Å². The van der Waals surface area contributed by atoms with E-state index in [0.717, 1.165) is 16.2 Å². The molecule has 0 spiro atoms. The zero-order chi connectivity index (χ0) is 46.8. The monoisotopic (exact) mass is 874 g/mol. The minimum Gasteiger partial charge on any atom is -0.311 e. The normalized spacial score (nSPS) is 14.1. The van der Waals surface area contributed by atoms with Gasteiger partial charge in [0.25, 0.3) is 6.71 Å². The Morgan fingerprint density at radius 1 is 0.415 bits per heavy atom. The third kappa shape index (κ3) is 8.17. The van der Waals surface area contributed by atoms with Crippen LogP contribution in [0.2, 0.25) is 0 Å². The Morgan fingerprint density at radius 3 is 1.37 bits per heavy atom. The van der Waals surface area contributed by atoms with Crippen molar-refractivity contribution >= 4 is 68.0 Å². The molecule has 0 radical (unpaired) electrons. The first-order chi connectivity index (χ1) is 30.3. The molecule has 0 fully saturated rings. The lowest BCUT2D eigenvalue weighted by Gasteiger charge is -2.43. The third-order valence-electron chi connectivity index (χ3n) is 13.7. The summed E-state index contributed by atoms with van der Waals surface area (Å²) in [7, 11) is 0. The van der Waals surface area contributed by atoms with Gasteiger partial charge in [-0.2, -0.15) is 0 Å². The fraction of sp³-hybridized carbons (Fsp3) is 0.350. The summed E-state index contributed by atoms with van der Waals surface area (Å²) in [5.41, 5.74) is 21.3. The summed E-state index contributed by atoms with van der Waals surface area (Å²) in [4.78, 5) is 10.9. The lowest BCUT2D eigenvalue weighted by Crippen LogP contribution is -2.61. The summed E-state index contributed by atoms with van der Waals surface area (Å²) < 4.78 is 0. The number of nitrogens with zero attached hydrogens (tertiary/aromatic N) is 3. The molecule has 0 amide bonds. The van der Waals surface area contributed by atoms with Gasteiger partial charge in [-0.05, 0) is 132 Å². The summed E-state index contributed by atoms with van der Waals surface area (Å²) in [6.45, 7) is 36.9. The first-order valence-electron chi connectivity index (χ1n) is 23.7. The van der Waals surface area contributed by atoms with E-state index in [9.17, 15) is 0 Å². The van der Waals surface area contributed by atoms with E-state index in [-0.39, 0.29) is 33.8 Å². The second kappa shape index (κ2) is 15.3. The molecular formula is C60H68BN3S. The highest BCUT2D eigenvalue weighted by molar-refractivity contribution is 7.22. The molecular weight excluding hydrogens is 806 g/mol. The molecule has 0 saturated heterocycles. The fourth-order valence-corrected chi connectivity index (χ4v) is 10.7. The van der Waals surface area contributed by atoms with Crippen LogP contribution in [0.5, 0.6) is 0 Å². The van der Waals surface area contributed by atoms with E-state index in [4.69, 9.17) is 4.98 Å². The van der Waals surface area contributed by atoms with Crippen LogP contribution in [0.3, 0.4) is 0 Å². The zero-order valence-electron chi connectivity index (χ0n) is 41.9. The summed E-state index contributed by atoms with van der Waals surface area (Å²) in [6.07, 6.45) is 0. The topological polar surface area (TPSA) is 19.4 Å². The van der Waals surface area contributed by atoms with Gasteiger partial charge in [0.1, 0.15) is 10.0 Å². The Kier molecular flexibility index (Phi) is 10.6. The van der Waals surface area contributed by atoms with Gasteiger partial charge in [-0.15, -0.1) is 0 Å². The Balaban J connectivity index is 1.31. The maximum absolute atomic E-state index is 5.81. The molecule has 0 bridgehead atoms. The molecule has 0 unspecified atom stereocenters. The molecule has 2 aliphatic rings. The molecule has 0 atom stereocenters. The minimum atomic E-state index is -0.0623. The van der Waals surface area contributed by atoms with Crippen molar-refractivity contribution in [1.82, 2.24) is 4.98 Å². The molecule has 2 aliphatic heterocycles. The fourth-order valence-electron chi connectivity index (χ4n) is 9.57. The van der Waals surface area contributed by atoms with Crippen LogP contribution >= 0.6 is 11.3 Å². The van der Waals surface area contributed by atoms with Gasteiger partial charge in [0.2, 0.25) is 0 Å². The molecule has 3 nitrogen and oxygen atoms in total. The number of fused-ring (bicyclic) bond motifs is 4. The summed E-state index contributed by atoms with van der Waals surface area (Å²) >= 11 is 1.83. The summed E-state index contributed by atoms with van der Waals surface area (Å²) in [6, 6.07) is 46.9. The van der Waals surface area contributed by atoms with Crippen molar-refractivity contribution in [3.05, 3.63) is 155 Å². The van der Waals surface area contributed by atoms with Crippen molar-refractivity contribution in [1.29, 1.82) is 0 Å². The number of aryl methyl sites for hydroxylation is 1. The molecule has 3 heterocycles. The Bertz CT molecular complexity index is 2900. The number of aromatic nitrogens is 1. The number of benzene rings is 6. The quantitative estimate of drug-likeness (QED) is 0.164. The van der Waals surface area contributed by atoms with Crippen LogP contribution < -0.4 is 26.3 Å². The molecule has 0 N–H and O–H groups in total. The maximum atomic E-state index is 5.81. The average molecular weight is 874 g/mol. The highest BCUT2D eigenvalue weighted by atomic mass is 32.1. The molecule has 65 heavy (non-hydrogen) atoms. The second-order valence-corrected chi connectivity index (χ2v) is 25.0. The molecule has 5 heteroatoms. The first kappa shape index (κ1) is 44.8. The van der Waals surface area contributed by atoms with Crippen LogP contribution in [-0.4, -0.2) is 11.7 Å². The van der Waals surface area contributed by atoms with E-state index < -0.39 is 0 Å². The average Bonchev–Trinajstić information content (AvgIpc) is 3.66. The standard InChI is InChI=1S/C60H68BN3S/c1-37-31-50-52-51(32-37)64(47-34-44(59(11,12)13)33-45(35-47)60(14,15)16)55-53(62-54(65-55)40-19-17-38(18-20-40)39-21-23-41(24-22-39)56(2,3)4)61(52)48-36-43(58(8,9)10)27-30-49(48)63(50)46-28-25-42(26-29-46)57(5,6)7/h17-36H,1-16H3. The third-order valence-corrected chi connectivity index (χ3v) is 14.8. The van der Waals surface area contributed by atoms with E-state index in [1.807, 2.05) is 11.3 Å². The minimum absolute atomic E-state index is 0.0348. The Hall–Kier alpha value is -5.39. The van der Waals surface area contributed by atoms with E-state index >= 15 is 0 Å². The molecule has 0 saturated carbocycles. The summed E-state index contributed by atoms with van der Waals surface area (Å²) in [5.74, 6) is 0. The molecule has 6 aromatic carbocycles. The van der Waals surface area contributed by atoms with Gasteiger partial charge in [-0.3, -0.25) is 0 Å². The Morgan fingerprint density at radius 2 is 0.862 bits per heavy atom. The van der Waals surface area contributed by atoms with Crippen LogP contribution in [0.1, 0.15) is 137 Å². The zero-order valence-corrected chi connectivity index (χ0v) is 42.7. The van der Waals surface area contributed by atoms with Crippen LogP contribution in [-0.2, 0) is 27.1 Å². The predicted molar refractivity (Wildman–Crippen MR) is 285 cm³/mol. The smallest absolute Gasteiger partial charge is 0.276 e. The lowest BCUT2D eigenvalue weighted by molar-refractivity contribution is 0.569. The van der Waals surface area contributed by atoms with Crippen molar-refractivity contribution in [3.63, 3.8) is 0 Å². The van der Waals surface area contributed by atoms with Gasteiger partial charge in [-0.25, -0.2) is 4.98 Å². The molecule has 1 aromatic heterocycles. The van der Waals surface area contributed by atoms with Gasteiger partial charge in [0.15, 0.2) is 0 Å². The molecule has 9 rings (SSSR count). The largest absolute Gasteiger partial charge is 0.311 e. The predicted octanol–water partition coefficient (Wildman–Crippen LogP) is 15.4. The number of rotatable bonds is 4. The number of anilines is 6. The van der Waals surface area contributed by atoms with E-state index in [1.165, 1.54) is 88.9 Å². The number of hydrogen-bond acceptors (Lipinski definition) is 4. The highest BCUT2D eigenvalue weighted by Gasteiger charge is 2.46. The van der Waals surface area contributed by atoms with Crippen LogP contribution in [0.4, 0.5) is 33.4 Å². The van der Waals surface area contributed by atoms with Crippen LogP contribution in [0.15, 0.2) is 121 Å². The van der Waals surface area contributed by atoms with Crippen LogP contribution in [0.25, 0.3) is 21.7 Å². The van der Waals surface area contributed by atoms with Gasteiger partial charge in [-0.1, -0.05) is 194 Å². The summed E-state index contributed by atoms with van der Waals surface area (Å²) in [5, 5.41) is 2.23. The second-order valence-electron chi connectivity index (χ2n) is 24.0. The van der Waals surface area contributed by atoms with Crippen molar-refractivity contribution < 1.29 is 0 Å². The first-order valence-corrected chi connectivity index (χ1v) is 24.5.